The molecule has 1 aliphatic heterocycles. The van der Waals surface area contributed by atoms with Crippen molar-refractivity contribution >= 4 is 30.4 Å². The van der Waals surface area contributed by atoms with E-state index < -0.39 is 145 Å². The van der Waals surface area contributed by atoms with Crippen molar-refractivity contribution in [1.82, 2.24) is 0 Å². The molecule has 1 unspecified atom stereocenters. The summed E-state index contributed by atoms with van der Waals surface area (Å²) in [4.78, 5) is 9.26. The molecule has 1 fully saturated rings. The summed E-state index contributed by atoms with van der Waals surface area (Å²) in [6.07, 6.45) is -21.3. The van der Waals surface area contributed by atoms with Crippen LogP contribution in [0.1, 0.15) is 12.8 Å². The normalized spacial score (nSPS) is 23.3. The number of halogens is 26. The minimum atomic E-state index is -8.29. The third-order valence-electron chi connectivity index (χ3n) is 7.14. The van der Waals surface area contributed by atoms with Gasteiger partial charge in [0.25, 0.3) is 0 Å². The Morgan fingerprint density at radius 3 is 1.16 bits per heavy atom. The van der Waals surface area contributed by atoms with Gasteiger partial charge in [0.1, 0.15) is 0 Å². The molecule has 1 N–H and O–H groups in total. The maximum absolute atomic E-state index is 14.1. The van der Waals surface area contributed by atoms with Crippen LogP contribution in [0.25, 0.3) is 0 Å². The number of phosphoric ester groups is 1. The van der Waals surface area contributed by atoms with Gasteiger partial charge in [0, 0.05) is 46.3 Å². The first-order valence-corrected chi connectivity index (χ1v) is 17.3. The minimum Gasteiger partial charge on any atom is -0.302 e. The molecule has 1 rings (SSSR count). The van der Waals surface area contributed by atoms with Crippen LogP contribution in [0.3, 0.4) is 0 Å². The Kier molecular flexibility index (Phi) is 14.2. The first kappa shape index (κ1) is 51.8. The Balaban J connectivity index is 3.23. The van der Waals surface area contributed by atoms with Gasteiger partial charge in [-0.3, -0.25) is 13.3 Å². The fourth-order valence-electron chi connectivity index (χ4n) is 3.79. The molecular formula is C21H17F26O5PS2. The Morgan fingerprint density at radius 1 is 0.527 bits per heavy atom. The Bertz CT molecular complexity index is 1420. The van der Waals surface area contributed by atoms with Crippen LogP contribution in [-0.4, -0.2) is 117 Å². The van der Waals surface area contributed by atoms with Crippen molar-refractivity contribution < 1.29 is 137 Å². The topological polar surface area (TPSA) is 72.8 Å². The highest BCUT2D eigenvalue weighted by atomic mass is 32.2. The van der Waals surface area contributed by atoms with Crippen LogP contribution in [0.4, 0.5) is 114 Å². The monoisotopic (exact) mass is 938 g/mol. The number of rotatable bonds is 18. The summed E-state index contributed by atoms with van der Waals surface area (Å²) in [5, 5.41) is 0. The molecular weight excluding hydrogens is 921 g/mol. The van der Waals surface area contributed by atoms with Crippen molar-refractivity contribution in [2.24, 2.45) is 5.41 Å². The van der Waals surface area contributed by atoms with Crippen LogP contribution in [0.2, 0.25) is 0 Å². The molecule has 55 heavy (non-hydrogen) atoms. The highest BCUT2D eigenvalue weighted by molar-refractivity contribution is 7.99. The molecule has 0 aliphatic carbocycles. The molecule has 5 nitrogen and oxygen atoms in total. The highest BCUT2D eigenvalue weighted by Crippen LogP contribution is 2.62. The molecule has 0 bridgehead atoms. The summed E-state index contributed by atoms with van der Waals surface area (Å²) < 4.78 is 378. The van der Waals surface area contributed by atoms with Gasteiger partial charge in [0.2, 0.25) is 0 Å². The molecule has 1 aliphatic rings. The Hall–Kier alpha value is -1.21. The van der Waals surface area contributed by atoms with Gasteiger partial charge in [-0.25, -0.2) is 4.57 Å². The van der Waals surface area contributed by atoms with Gasteiger partial charge in [-0.15, -0.1) is 0 Å². The van der Waals surface area contributed by atoms with E-state index in [9.17, 15) is 128 Å². The molecule has 1 heterocycles. The summed E-state index contributed by atoms with van der Waals surface area (Å²) in [6, 6.07) is 0. The first-order chi connectivity index (χ1) is 23.7. The van der Waals surface area contributed by atoms with Crippen LogP contribution in [0.15, 0.2) is 0 Å². The van der Waals surface area contributed by atoms with Crippen molar-refractivity contribution in [2.75, 3.05) is 36.2 Å². The lowest BCUT2D eigenvalue weighted by Gasteiger charge is -2.40. The van der Waals surface area contributed by atoms with Gasteiger partial charge in [0.15, 0.2) is 0 Å². The molecule has 1 atom stereocenters. The number of phosphoric acid groups is 1. The van der Waals surface area contributed by atoms with Crippen LogP contribution >= 0.6 is 19.6 Å². The van der Waals surface area contributed by atoms with E-state index in [0.29, 0.717) is 0 Å². The number of hydrogen-bond acceptors (Lipinski definition) is 5. The van der Waals surface area contributed by atoms with E-state index in [1.807, 2.05) is 0 Å². The molecule has 0 aromatic carbocycles. The summed E-state index contributed by atoms with van der Waals surface area (Å²) >= 11 is -0.343. The van der Waals surface area contributed by atoms with E-state index in [1.165, 1.54) is 0 Å². The van der Waals surface area contributed by atoms with Crippen molar-refractivity contribution in [3.05, 3.63) is 0 Å². The van der Waals surface area contributed by atoms with Gasteiger partial charge >= 0.3 is 79.4 Å². The van der Waals surface area contributed by atoms with Crippen LogP contribution in [-0.2, 0) is 24.4 Å². The zero-order valence-electron chi connectivity index (χ0n) is 25.3. The van der Waals surface area contributed by atoms with Gasteiger partial charge in [-0.1, -0.05) is 0 Å². The van der Waals surface area contributed by atoms with Crippen molar-refractivity contribution in [2.45, 2.75) is 84.4 Å². The summed E-state index contributed by atoms with van der Waals surface area (Å²) in [5.41, 5.74) is -2.45. The molecule has 0 amide bonds. The zero-order valence-corrected chi connectivity index (χ0v) is 27.9. The lowest BCUT2D eigenvalue weighted by atomic mass is 9.93. The van der Waals surface area contributed by atoms with Crippen molar-refractivity contribution in [3.8, 4) is 0 Å². The minimum absolute atomic E-state index is 0.343. The smallest absolute Gasteiger partial charge is 0.302 e. The average molecular weight is 938 g/mol. The van der Waals surface area contributed by atoms with E-state index in [-0.39, 0.29) is 11.8 Å². The quantitative estimate of drug-likeness (QED) is 0.0839. The molecule has 1 saturated heterocycles. The van der Waals surface area contributed by atoms with Crippen LogP contribution in [0, 0.1) is 5.41 Å². The van der Waals surface area contributed by atoms with Gasteiger partial charge in [-0.2, -0.15) is 126 Å². The van der Waals surface area contributed by atoms with Gasteiger partial charge in [-0.05, 0) is 5.75 Å². The Morgan fingerprint density at radius 2 is 0.836 bits per heavy atom. The van der Waals surface area contributed by atoms with Crippen LogP contribution in [0.5, 0.6) is 0 Å². The third-order valence-corrected chi connectivity index (χ3v) is 11.0. The largest absolute Gasteiger partial charge is 0.472 e. The molecule has 0 radical (unpaired) electrons. The SMILES string of the molecule is O=S(CCC(F)(F)C(F)(F)C(F)(F)C(F)(F)C(F)(F)C(F)(F)F)CC1(CSCCC(F)(F)C(F)(F)C(F)(F)C(F)(F)C(F)(F)C(F)(F)F)COP(=O)(O)OC1. The van der Waals surface area contributed by atoms with E-state index in [1.54, 1.807) is 0 Å². The number of thioether (sulfide) groups is 1. The highest BCUT2D eigenvalue weighted by Gasteiger charge is 2.92. The maximum Gasteiger partial charge on any atom is 0.472 e. The number of hydrogen-bond donors (Lipinski definition) is 1. The fourth-order valence-corrected chi connectivity index (χ4v) is 7.69. The molecule has 0 spiro atoms. The molecule has 0 saturated carbocycles. The molecule has 0 aromatic rings. The van der Waals surface area contributed by atoms with E-state index in [0.717, 1.165) is 0 Å². The first-order valence-electron chi connectivity index (χ1n) is 13.2. The second-order valence-corrected chi connectivity index (χ2v) is 15.5. The van der Waals surface area contributed by atoms with Crippen LogP contribution < -0.4 is 0 Å². The summed E-state index contributed by atoms with van der Waals surface area (Å²) in [6.45, 7) is -2.82. The van der Waals surface area contributed by atoms with E-state index >= 15 is 0 Å². The standard InChI is InChI=1S/C21H17F26O5PS2/c22-10(23,12(26,27)14(30,31)16(34,35)18(38,39)20(42,43)44)1-3-54-7-9(5-51-53(48,49)52-6-9)8-55(50)4-2-11(24,25)13(28,29)15(32,33)17(36,37)19(40,41)21(45,46)47/h1-8H2,(H,48,49). The second-order valence-electron chi connectivity index (χ2n) is 11.4. The number of alkyl halides is 26. The van der Waals surface area contributed by atoms with Crippen molar-refractivity contribution in [1.29, 1.82) is 0 Å². The maximum atomic E-state index is 14.1. The second kappa shape index (κ2) is 15.1. The van der Waals surface area contributed by atoms with Crippen molar-refractivity contribution in [3.63, 3.8) is 0 Å². The lowest BCUT2D eigenvalue weighted by molar-refractivity contribution is -0.439. The summed E-state index contributed by atoms with van der Waals surface area (Å²) in [5.74, 6) is -84.7. The van der Waals surface area contributed by atoms with E-state index in [4.69, 9.17) is 0 Å². The van der Waals surface area contributed by atoms with E-state index in [2.05, 4.69) is 9.05 Å². The predicted octanol–water partition coefficient (Wildman–Crippen LogP) is 9.86. The summed E-state index contributed by atoms with van der Waals surface area (Å²) in [7, 11) is -8.47. The predicted molar refractivity (Wildman–Crippen MR) is 130 cm³/mol. The van der Waals surface area contributed by atoms with Gasteiger partial charge < -0.3 is 4.89 Å². The third kappa shape index (κ3) is 9.03. The lowest BCUT2D eigenvalue weighted by Crippen LogP contribution is -2.70. The zero-order chi connectivity index (χ0) is 44.4. The molecule has 330 valence electrons. The average Bonchev–Trinajstić information content (AvgIpc) is 2.98. The fraction of sp³-hybridized carbons (Fsp3) is 1.00. The van der Waals surface area contributed by atoms with Gasteiger partial charge in [0.05, 0.1) is 13.2 Å². The molecule has 0 aromatic heterocycles. The molecule has 34 heteroatoms. The Labute approximate surface area is 293 Å².